The van der Waals surface area contributed by atoms with E-state index >= 15 is 0 Å². The fourth-order valence-corrected chi connectivity index (χ4v) is 2.98. The number of halogens is 1. The zero-order valence-corrected chi connectivity index (χ0v) is 12.9. The number of hydrogen-bond acceptors (Lipinski definition) is 2. The van der Waals surface area contributed by atoms with Gasteiger partial charge in [-0.25, -0.2) is 0 Å². The van der Waals surface area contributed by atoms with Crippen molar-refractivity contribution < 1.29 is 4.79 Å². The van der Waals surface area contributed by atoms with E-state index in [-0.39, 0.29) is 11.3 Å². The lowest BCUT2D eigenvalue weighted by molar-refractivity contribution is -0.121. The van der Waals surface area contributed by atoms with Crippen LogP contribution >= 0.6 is 15.9 Å². The Morgan fingerprint density at radius 3 is 2.79 bits per heavy atom. The summed E-state index contributed by atoms with van der Waals surface area (Å²) in [5.74, 6) is 0.135. The topological polar surface area (TPSA) is 41.1 Å². The van der Waals surface area contributed by atoms with Crippen molar-refractivity contribution in [3.05, 3.63) is 34.3 Å². The van der Waals surface area contributed by atoms with Crippen molar-refractivity contribution in [3.8, 4) is 0 Å². The van der Waals surface area contributed by atoms with Gasteiger partial charge < -0.3 is 10.6 Å². The van der Waals surface area contributed by atoms with Crippen molar-refractivity contribution >= 4 is 21.8 Å². The highest BCUT2D eigenvalue weighted by Crippen LogP contribution is 2.43. The Labute approximate surface area is 123 Å². The molecule has 1 aliphatic rings. The molecule has 0 spiro atoms. The molecule has 1 aliphatic carbocycles. The summed E-state index contributed by atoms with van der Waals surface area (Å²) >= 11 is 3.53. The van der Waals surface area contributed by atoms with E-state index in [1.54, 1.807) is 0 Å². The highest BCUT2D eigenvalue weighted by Gasteiger charge is 2.38. The molecule has 0 aromatic heterocycles. The van der Waals surface area contributed by atoms with E-state index < -0.39 is 0 Å². The Balaban J connectivity index is 1.97. The van der Waals surface area contributed by atoms with Gasteiger partial charge in [-0.2, -0.15) is 0 Å². The van der Waals surface area contributed by atoms with Gasteiger partial charge >= 0.3 is 0 Å². The van der Waals surface area contributed by atoms with Crippen molar-refractivity contribution in [2.45, 2.75) is 31.1 Å². The summed E-state index contributed by atoms with van der Waals surface area (Å²) < 4.78 is 1.11. The van der Waals surface area contributed by atoms with Gasteiger partial charge in [0.25, 0.3) is 0 Å². The standard InChI is InChI=1S/C15H21BrN2O/c1-17-9-6-14(19)18-11-15(7-3-8-15)12-4-2-5-13(16)10-12/h2,4-5,10,17H,3,6-9,11H2,1H3,(H,18,19). The third kappa shape index (κ3) is 3.57. The average Bonchev–Trinajstić information content (AvgIpc) is 2.35. The minimum absolute atomic E-state index is 0.135. The molecule has 19 heavy (non-hydrogen) atoms. The van der Waals surface area contributed by atoms with Crippen LogP contribution in [0, 0.1) is 0 Å². The molecule has 4 heteroatoms. The van der Waals surface area contributed by atoms with E-state index in [4.69, 9.17) is 0 Å². The maximum absolute atomic E-state index is 11.7. The molecule has 0 aliphatic heterocycles. The number of carbonyl (C=O) groups is 1. The summed E-state index contributed by atoms with van der Waals surface area (Å²) in [6.45, 7) is 1.49. The van der Waals surface area contributed by atoms with Gasteiger partial charge in [-0.15, -0.1) is 0 Å². The van der Waals surface area contributed by atoms with Crippen molar-refractivity contribution in [2.24, 2.45) is 0 Å². The van der Waals surface area contributed by atoms with Crippen LogP contribution in [0.5, 0.6) is 0 Å². The van der Waals surface area contributed by atoms with Gasteiger partial charge in [0.2, 0.25) is 5.91 Å². The van der Waals surface area contributed by atoms with Gasteiger partial charge in [0.1, 0.15) is 0 Å². The molecule has 0 bridgehead atoms. The maximum atomic E-state index is 11.7. The Hall–Kier alpha value is -0.870. The third-order valence-corrected chi connectivity index (χ3v) is 4.47. The number of nitrogens with one attached hydrogen (secondary N) is 2. The Bertz CT molecular complexity index is 444. The first-order valence-electron chi connectivity index (χ1n) is 6.84. The zero-order valence-electron chi connectivity index (χ0n) is 11.3. The van der Waals surface area contributed by atoms with E-state index in [0.717, 1.165) is 30.4 Å². The largest absolute Gasteiger partial charge is 0.355 e. The molecule has 0 heterocycles. The molecule has 1 saturated carbocycles. The Morgan fingerprint density at radius 2 is 2.21 bits per heavy atom. The number of rotatable bonds is 6. The van der Waals surface area contributed by atoms with Crippen molar-refractivity contribution in [1.29, 1.82) is 0 Å². The highest BCUT2D eigenvalue weighted by atomic mass is 79.9. The quantitative estimate of drug-likeness (QED) is 0.844. The Morgan fingerprint density at radius 1 is 1.42 bits per heavy atom. The molecule has 0 saturated heterocycles. The first-order chi connectivity index (χ1) is 9.16. The molecule has 0 radical (unpaired) electrons. The molecule has 0 unspecified atom stereocenters. The molecule has 3 nitrogen and oxygen atoms in total. The number of benzene rings is 1. The molecular weight excluding hydrogens is 304 g/mol. The van der Waals surface area contributed by atoms with Crippen LogP contribution in [0.15, 0.2) is 28.7 Å². The SMILES string of the molecule is CNCCC(=O)NCC1(c2cccc(Br)c2)CCC1. The van der Waals surface area contributed by atoms with Gasteiger partial charge in [0.05, 0.1) is 0 Å². The molecular formula is C15H21BrN2O. The molecule has 1 amide bonds. The second kappa shape index (κ2) is 6.53. The average molecular weight is 325 g/mol. The molecule has 2 N–H and O–H groups in total. The lowest BCUT2D eigenvalue weighted by Crippen LogP contribution is -2.45. The van der Waals surface area contributed by atoms with Gasteiger partial charge in [0, 0.05) is 29.4 Å². The summed E-state index contributed by atoms with van der Waals surface area (Å²) in [4.78, 5) is 11.7. The zero-order chi connectivity index (χ0) is 13.7. The van der Waals surface area contributed by atoms with E-state index in [1.807, 2.05) is 13.1 Å². The summed E-state index contributed by atoms with van der Waals surface area (Å²) in [6, 6.07) is 8.46. The minimum atomic E-state index is 0.135. The summed E-state index contributed by atoms with van der Waals surface area (Å²) in [7, 11) is 1.86. The van der Waals surface area contributed by atoms with Crippen LogP contribution in [-0.2, 0) is 10.2 Å². The van der Waals surface area contributed by atoms with Crippen molar-refractivity contribution in [3.63, 3.8) is 0 Å². The molecule has 1 aromatic rings. The van der Waals surface area contributed by atoms with Gasteiger partial charge in [0.15, 0.2) is 0 Å². The van der Waals surface area contributed by atoms with Crippen LogP contribution in [0.3, 0.4) is 0 Å². The van der Waals surface area contributed by atoms with Crippen molar-refractivity contribution in [2.75, 3.05) is 20.1 Å². The molecule has 2 rings (SSSR count). The number of hydrogen-bond donors (Lipinski definition) is 2. The van der Waals surface area contributed by atoms with Crippen LogP contribution in [0.25, 0.3) is 0 Å². The van der Waals surface area contributed by atoms with Gasteiger partial charge in [-0.3, -0.25) is 4.79 Å². The monoisotopic (exact) mass is 324 g/mol. The maximum Gasteiger partial charge on any atom is 0.221 e. The summed E-state index contributed by atoms with van der Waals surface area (Å²) in [6.07, 6.45) is 4.12. The molecule has 1 fully saturated rings. The fourth-order valence-electron chi connectivity index (χ4n) is 2.58. The fraction of sp³-hybridized carbons (Fsp3) is 0.533. The first-order valence-corrected chi connectivity index (χ1v) is 7.63. The van der Waals surface area contributed by atoms with Crippen LogP contribution in [0.2, 0.25) is 0 Å². The van der Waals surface area contributed by atoms with Crippen molar-refractivity contribution in [1.82, 2.24) is 10.6 Å². The molecule has 1 aromatic carbocycles. The summed E-state index contributed by atoms with van der Waals surface area (Å²) in [5.41, 5.74) is 1.49. The second-order valence-electron chi connectivity index (χ2n) is 5.27. The van der Waals surface area contributed by atoms with E-state index in [2.05, 4.69) is 44.8 Å². The summed E-state index contributed by atoms with van der Waals surface area (Å²) in [5, 5.41) is 6.08. The highest BCUT2D eigenvalue weighted by molar-refractivity contribution is 9.10. The van der Waals surface area contributed by atoms with Crippen LogP contribution in [-0.4, -0.2) is 26.0 Å². The van der Waals surface area contributed by atoms with Gasteiger partial charge in [-0.1, -0.05) is 34.5 Å². The minimum Gasteiger partial charge on any atom is -0.355 e. The lowest BCUT2D eigenvalue weighted by Gasteiger charge is -2.42. The number of carbonyl (C=O) groups excluding carboxylic acids is 1. The normalized spacial score (nSPS) is 16.7. The third-order valence-electron chi connectivity index (χ3n) is 3.97. The number of amides is 1. The second-order valence-corrected chi connectivity index (χ2v) is 6.19. The predicted molar refractivity (Wildman–Crippen MR) is 81.2 cm³/mol. The van der Waals surface area contributed by atoms with Crippen LogP contribution in [0.4, 0.5) is 0 Å². The smallest absolute Gasteiger partial charge is 0.221 e. The van der Waals surface area contributed by atoms with Gasteiger partial charge in [-0.05, 0) is 37.6 Å². The van der Waals surface area contributed by atoms with E-state index in [9.17, 15) is 4.79 Å². The van der Waals surface area contributed by atoms with E-state index in [0.29, 0.717) is 6.42 Å². The molecule has 0 atom stereocenters. The predicted octanol–water partition coefficient (Wildman–Crippen LogP) is 2.60. The Kier molecular flexibility index (Phi) is 4.99. The first kappa shape index (κ1) is 14.5. The van der Waals surface area contributed by atoms with Crippen LogP contribution < -0.4 is 10.6 Å². The lowest BCUT2D eigenvalue weighted by atomic mass is 9.64. The molecule has 104 valence electrons. The van der Waals surface area contributed by atoms with E-state index in [1.165, 1.54) is 12.0 Å². The van der Waals surface area contributed by atoms with Crippen LogP contribution in [0.1, 0.15) is 31.2 Å².